The van der Waals surface area contributed by atoms with Crippen LogP contribution in [0.1, 0.15) is 27.2 Å². The van der Waals surface area contributed by atoms with Gasteiger partial charge in [0.2, 0.25) is 5.91 Å². The van der Waals surface area contributed by atoms with Gasteiger partial charge in [-0.25, -0.2) is 0 Å². The Morgan fingerprint density at radius 1 is 1.53 bits per heavy atom. The first-order valence-electron chi connectivity index (χ1n) is 5.76. The van der Waals surface area contributed by atoms with Crippen LogP contribution in [0.25, 0.3) is 0 Å². The van der Waals surface area contributed by atoms with Gasteiger partial charge in [-0.15, -0.1) is 0 Å². The van der Waals surface area contributed by atoms with Crippen LogP contribution in [0.15, 0.2) is 0 Å². The van der Waals surface area contributed by atoms with Crippen molar-refractivity contribution in [1.29, 1.82) is 0 Å². The fraction of sp³-hybridized carbons (Fsp3) is 0.909. The Morgan fingerprint density at radius 2 is 2.20 bits per heavy atom. The van der Waals surface area contributed by atoms with E-state index in [1.807, 2.05) is 18.7 Å². The maximum absolute atomic E-state index is 12.0. The van der Waals surface area contributed by atoms with Crippen LogP contribution in [0, 0.1) is 0 Å². The zero-order chi connectivity index (χ0) is 11.5. The number of nitrogens with one attached hydrogen (secondary N) is 1. The first-order valence-corrected chi connectivity index (χ1v) is 5.76. The SMILES string of the molecule is CCN(C)CCN1CNC(C)(CC)C1=O. The van der Waals surface area contributed by atoms with Crippen molar-refractivity contribution in [1.82, 2.24) is 15.1 Å². The molecule has 0 saturated carbocycles. The smallest absolute Gasteiger partial charge is 0.243 e. The third kappa shape index (κ3) is 2.69. The van der Waals surface area contributed by atoms with Crippen molar-refractivity contribution >= 4 is 5.91 Å². The lowest BCUT2D eigenvalue weighted by Crippen LogP contribution is -2.43. The molecule has 1 rings (SSSR count). The van der Waals surface area contributed by atoms with E-state index < -0.39 is 0 Å². The van der Waals surface area contributed by atoms with Crippen LogP contribution < -0.4 is 5.32 Å². The van der Waals surface area contributed by atoms with Crippen LogP contribution in [0.5, 0.6) is 0 Å². The van der Waals surface area contributed by atoms with E-state index in [9.17, 15) is 4.79 Å². The van der Waals surface area contributed by atoms with E-state index in [4.69, 9.17) is 0 Å². The number of rotatable bonds is 5. The number of carbonyl (C=O) groups is 1. The average molecular weight is 213 g/mol. The molecular weight excluding hydrogens is 190 g/mol. The Labute approximate surface area is 92.6 Å². The molecule has 4 nitrogen and oxygen atoms in total. The molecule has 0 aliphatic carbocycles. The fourth-order valence-corrected chi connectivity index (χ4v) is 1.67. The van der Waals surface area contributed by atoms with Crippen molar-refractivity contribution in [2.75, 3.05) is 33.4 Å². The van der Waals surface area contributed by atoms with E-state index in [1.165, 1.54) is 0 Å². The van der Waals surface area contributed by atoms with Gasteiger partial charge in [0, 0.05) is 13.1 Å². The number of amides is 1. The summed E-state index contributed by atoms with van der Waals surface area (Å²) < 4.78 is 0. The summed E-state index contributed by atoms with van der Waals surface area (Å²) in [5, 5.41) is 3.28. The van der Waals surface area contributed by atoms with Gasteiger partial charge in [-0.2, -0.15) is 0 Å². The normalized spacial score (nSPS) is 26.7. The molecule has 1 N–H and O–H groups in total. The molecule has 0 spiro atoms. The summed E-state index contributed by atoms with van der Waals surface area (Å²) in [5.41, 5.74) is -0.329. The van der Waals surface area contributed by atoms with Crippen molar-refractivity contribution in [2.45, 2.75) is 32.7 Å². The third-order valence-corrected chi connectivity index (χ3v) is 3.42. The van der Waals surface area contributed by atoms with Crippen molar-refractivity contribution in [3.8, 4) is 0 Å². The van der Waals surface area contributed by atoms with E-state index in [-0.39, 0.29) is 11.4 Å². The molecule has 1 saturated heterocycles. The minimum absolute atomic E-state index is 0.245. The molecule has 88 valence electrons. The number of carbonyl (C=O) groups excluding carboxylic acids is 1. The Hall–Kier alpha value is -0.610. The largest absolute Gasteiger partial charge is 0.327 e. The summed E-state index contributed by atoms with van der Waals surface area (Å²) in [7, 11) is 2.08. The molecule has 1 amide bonds. The summed E-state index contributed by atoms with van der Waals surface area (Å²) in [4.78, 5) is 16.1. The van der Waals surface area contributed by atoms with E-state index in [0.717, 1.165) is 26.1 Å². The molecule has 1 atom stereocenters. The van der Waals surface area contributed by atoms with Crippen molar-refractivity contribution in [2.24, 2.45) is 0 Å². The first-order chi connectivity index (χ1) is 7.03. The minimum atomic E-state index is -0.329. The van der Waals surface area contributed by atoms with Gasteiger partial charge in [0.25, 0.3) is 0 Å². The second-order valence-corrected chi connectivity index (χ2v) is 4.49. The average Bonchev–Trinajstić information content (AvgIpc) is 2.54. The lowest BCUT2D eigenvalue weighted by Gasteiger charge is -2.22. The van der Waals surface area contributed by atoms with Crippen LogP contribution in [0.4, 0.5) is 0 Å². The first kappa shape index (κ1) is 12.5. The summed E-state index contributed by atoms with van der Waals surface area (Å²) in [5.74, 6) is 0.245. The highest BCUT2D eigenvalue weighted by Gasteiger charge is 2.40. The number of nitrogens with zero attached hydrogens (tertiary/aromatic N) is 2. The Morgan fingerprint density at radius 3 is 2.67 bits per heavy atom. The molecule has 0 aromatic heterocycles. The molecule has 1 unspecified atom stereocenters. The quantitative estimate of drug-likeness (QED) is 0.722. The number of hydrogen-bond donors (Lipinski definition) is 1. The highest BCUT2D eigenvalue weighted by molar-refractivity contribution is 5.87. The molecule has 4 heteroatoms. The van der Waals surface area contributed by atoms with Gasteiger partial charge in [0.15, 0.2) is 0 Å². The van der Waals surface area contributed by atoms with E-state index in [1.54, 1.807) is 0 Å². The zero-order valence-electron chi connectivity index (χ0n) is 10.3. The molecule has 0 radical (unpaired) electrons. The van der Waals surface area contributed by atoms with Crippen molar-refractivity contribution in [3.05, 3.63) is 0 Å². The summed E-state index contributed by atoms with van der Waals surface area (Å²) in [6.07, 6.45) is 0.853. The van der Waals surface area contributed by atoms with Gasteiger partial charge in [-0.1, -0.05) is 13.8 Å². The summed E-state index contributed by atoms with van der Waals surface area (Å²) >= 11 is 0. The molecule has 0 bridgehead atoms. The maximum Gasteiger partial charge on any atom is 0.243 e. The summed E-state index contributed by atoms with van der Waals surface area (Å²) in [6.45, 7) is 9.66. The van der Waals surface area contributed by atoms with Crippen LogP contribution in [0.3, 0.4) is 0 Å². The van der Waals surface area contributed by atoms with Crippen LogP contribution in [-0.2, 0) is 4.79 Å². The molecular formula is C11H23N3O. The molecule has 1 aliphatic heterocycles. The molecule has 0 aromatic rings. The van der Waals surface area contributed by atoms with Gasteiger partial charge in [0.05, 0.1) is 12.2 Å². The molecule has 0 aromatic carbocycles. The second-order valence-electron chi connectivity index (χ2n) is 4.49. The van der Waals surface area contributed by atoms with Crippen LogP contribution in [0.2, 0.25) is 0 Å². The lowest BCUT2D eigenvalue weighted by molar-refractivity contribution is -0.132. The Bertz CT molecular complexity index is 232. The Kier molecular flexibility index (Phi) is 4.11. The topological polar surface area (TPSA) is 35.6 Å². The highest BCUT2D eigenvalue weighted by Crippen LogP contribution is 2.18. The molecule has 1 fully saturated rings. The predicted octanol–water partition coefficient (Wildman–Crippen LogP) is 0.496. The van der Waals surface area contributed by atoms with E-state index in [0.29, 0.717) is 6.67 Å². The molecule has 15 heavy (non-hydrogen) atoms. The van der Waals surface area contributed by atoms with Crippen LogP contribution in [-0.4, -0.2) is 54.6 Å². The zero-order valence-corrected chi connectivity index (χ0v) is 10.3. The highest BCUT2D eigenvalue weighted by atomic mass is 16.2. The van der Waals surface area contributed by atoms with Crippen molar-refractivity contribution < 1.29 is 4.79 Å². The Balaban J connectivity index is 2.43. The van der Waals surface area contributed by atoms with Gasteiger partial charge >= 0.3 is 0 Å². The molecule has 1 aliphatic rings. The lowest BCUT2D eigenvalue weighted by atomic mass is 9.99. The molecule has 1 heterocycles. The van der Waals surface area contributed by atoms with Gasteiger partial charge in [0.1, 0.15) is 0 Å². The number of likely N-dealkylation sites (N-methyl/N-ethyl adjacent to an activating group) is 1. The predicted molar refractivity (Wildman–Crippen MR) is 61.6 cm³/mol. The maximum atomic E-state index is 12.0. The fourth-order valence-electron chi connectivity index (χ4n) is 1.67. The number of hydrogen-bond acceptors (Lipinski definition) is 3. The van der Waals surface area contributed by atoms with Gasteiger partial charge < -0.3 is 9.80 Å². The van der Waals surface area contributed by atoms with Gasteiger partial charge in [-0.05, 0) is 26.9 Å². The standard InChI is InChI=1S/C11H23N3O/c1-5-11(3)10(15)14(9-12-11)8-7-13(4)6-2/h12H,5-9H2,1-4H3. The third-order valence-electron chi connectivity index (χ3n) is 3.42. The second kappa shape index (κ2) is 4.94. The van der Waals surface area contributed by atoms with Crippen LogP contribution >= 0.6 is 0 Å². The monoisotopic (exact) mass is 213 g/mol. The van der Waals surface area contributed by atoms with E-state index >= 15 is 0 Å². The van der Waals surface area contributed by atoms with E-state index in [2.05, 4.69) is 24.2 Å². The van der Waals surface area contributed by atoms with Gasteiger partial charge in [-0.3, -0.25) is 10.1 Å². The summed E-state index contributed by atoms with van der Waals surface area (Å²) in [6, 6.07) is 0. The minimum Gasteiger partial charge on any atom is -0.327 e. The van der Waals surface area contributed by atoms with Crippen molar-refractivity contribution in [3.63, 3.8) is 0 Å².